The average Bonchev–Trinajstić information content (AvgIpc) is 3.05. The number of nitrogens with one attached hydrogen (secondary N) is 1. The number of hydrogen-bond acceptors (Lipinski definition) is 5. The predicted octanol–water partition coefficient (Wildman–Crippen LogP) is 2.39. The minimum atomic E-state index is -3.62. The summed E-state index contributed by atoms with van der Waals surface area (Å²) in [6.07, 6.45) is 2.31. The number of sulfonamides is 1. The molecule has 2 saturated heterocycles. The minimum Gasteiger partial charge on any atom is -0.319 e. The van der Waals surface area contributed by atoms with Gasteiger partial charge in [-0.3, -0.25) is 9.69 Å². The maximum Gasteiger partial charge on any atom is 0.326 e. The molecule has 0 bridgehead atoms. The molecule has 1 spiro atoms. The van der Waals surface area contributed by atoms with Crippen LogP contribution in [-0.2, 0) is 26.8 Å². The van der Waals surface area contributed by atoms with Crippen molar-refractivity contribution < 1.29 is 18.0 Å². The number of aryl methyl sites for hydroxylation is 1. The Balaban J connectivity index is 1.27. The molecule has 2 aromatic rings. The number of fused-ring (bicyclic) bond motifs is 2. The van der Waals surface area contributed by atoms with Crippen LogP contribution in [0.5, 0.6) is 0 Å². The summed E-state index contributed by atoms with van der Waals surface area (Å²) in [5.74, 6) is -0.226. The van der Waals surface area contributed by atoms with E-state index >= 15 is 0 Å². The quantitative estimate of drug-likeness (QED) is 0.667. The molecule has 0 aromatic heterocycles. The summed E-state index contributed by atoms with van der Waals surface area (Å²) in [5, 5.41) is 3.45. The van der Waals surface area contributed by atoms with E-state index in [-0.39, 0.29) is 30.6 Å². The molecule has 2 aromatic carbocycles. The van der Waals surface area contributed by atoms with Crippen molar-refractivity contribution in [1.29, 1.82) is 0 Å². The zero-order valence-corrected chi connectivity index (χ0v) is 19.6. The Hall–Kier alpha value is -2.46. The molecule has 0 radical (unpaired) electrons. The predicted molar refractivity (Wildman–Crippen MR) is 123 cm³/mol. The van der Waals surface area contributed by atoms with Crippen molar-refractivity contribution in [3.05, 3.63) is 64.7 Å². The van der Waals surface area contributed by atoms with Gasteiger partial charge in [-0.15, -0.1) is 0 Å². The Morgan fingerprint density at radius 2 is 1.67 bits per heavy atom. The van der Waals surface area contributed by atoms with Crippen LogP contribution in [0.2, 0.25) is 5.02 Å². The van der Waals surface area contributed by atoms with Crippen molar-refractivity contribution in [2.24, 2.45) is 0 Å². The maximum atomic E-state index is 13.5. The number of halogens is 1. The SMILES string of the molecule is O=C1NC2(CCCc3ccccc32)C(=O)N1CN1CCN(S(=O)(=O)c2ccc(Cl)cc2)CC1. The molecule has 3 aliphatic rings. The molecule has 3 amide bonds. The summed E-state index contributed by atoms with van der Waals surface area (Å²) in [6, 6.07) is 13.5. The number of benzene rings is 2. The molecule has 33 heavy (non-hydrogen) atoms. The Kier molecular flexibility index (Phi) is 5.68. The van der Waals surface area contributed by atoms with E-state index in [1.807, 2.05) is 29.2 Å². The second-order valence-electron chi connectivity index (χ2n) is 8.70. The molecule has 2 aliphatic heterocycles. The Morgan fingerprint density at radius 1 is 0.970 bits per heavy atom. The summed E-state index contributed by atoms with van der Waals surface area (Å²) < 4.78 is 27.2. The number of nitrogens with zero attached hydrogens (tertiary/aromatic N) is 3. The van der Waals surface area contributed by atoms with Crippen molar-refractivity contribution in [2.75, 3.05) is 32.8 Å². The molecule has 1 aliphatic carbocycles. The monoisotopic (exact) mass is 488 g/mol. The lowest BCUT2D eigenvalue weighted by molar-refractivity contribution is -0.133. The van der Waals surface area contributed by atoms with Crippen LogP contribution in [-0.4, -0.2) is 67.3 Å². The highest BCUT2D eigenvalue weighted by Crippen LogP contribution is 2.40. The van der Waals surface area contributed by atoms with Gasteiger partial charge in [0.05, 0.1) is 11.6 Å². The fraction of sp³-hybridized carbons (Fsp3) is 0.391. The minimum absolute atomic E-state index is 0.142. The van der Waals surface area contributed by atoms with E-state index in [1.165, 1.54) is 21.3 Å². The normalized spacial score (nSPS) is 24.2. The first-order valence-corrected chi connectivity index (χ1v) is 12.8. The highest BCUT2D eigenvalue weighted by molar-refractivity contribution is 7.89. The molecule has 2 fully saturated rings. The van der Waals surface area contributed by atoms with Crippen LogP contribution in [0.25, 0.3) is 0 Å². The second-order valence-corrected chi connectivity index (χ2v) is 11.1. The standard InChI is InChI=1S/C23H25ClN4O4S/c24-18-7-9-19(10-8-18)33(31,32)27-14-12-26(13-15-27)16-28-21(29)23(25-22(28)30)11-3-5-17-4-1-2-6-20(17)23/h1-2,4,6-10H,3,5,11-16H2,(H,25,30). The summed E-state index contributed by atoms with van der Waals surface area (Å²) in [7, 11) is -3.62. The van der Waals surface area contributed by atoms with Crippen LogP contribution in [0, 0.1) is 0 Å². The van der Waals surface area contributed by atoms with E-state index in [2.05, 4.69) is 5.32 Å². The number of carbonyl (C=O) groups is 2. The number of amides is 3. The van der Waals surface area contributed by atoms with Gasteiger partial charge in [0.2, 0.25) is 10.0 Å². The van der Waals surface area contributed by atoms with Crippen LogP contribution in [0.1, 0.15) is 24.0 Å². The Bertz CT molecular complexity index is 1200. The molecule has 1 unspecified atom stereocenters. The first-order chi connectivity index (χ1) is 15.8. The molecular formula is C23H25ClN4O4S. The molecule has 1 atom stereocenters. The van der Waals surface area contributed by atoms with Crippen LogP contribution >= 0.6 is 11.6 Å². The smallest absolute Gasteiger partial charge is 0.319 e. The molecule has 0 saturated carbocycles. The molecule has 1 N–H and O–H groups in total. The van der Waals surface area contributed by atoms with Gasteiger partial charge < -0.3 is 5.32 Å². The zero-order valence-electron chi connectivity index (χ0n) is 18.0. The lowest BCUT2D eigenvalue weighted by atomic mass is 9.76. The molecule has 2 heterocycles. The van der Waals surface area contributed by atoms with Gasteiger partial charge in [-0.05, 0) is 54.7 Å². The van der Waals surface area contributed by atoms with Crippen molar-refractivity contribution >= 4 is 33.6 Å². The molecule has 8 nitrogen and oxygen atoms in total. The van der Waals surface area contributed by atoms with E-state index in [1.54, 1.807) is 12.1 Å². The first kappa shape index (κ1) is 22.3. The Labute approximate surface area is 198 Å². The third-order valence-corrected chi connectivity index (χ3v) is 8.94. The first-order valence-electron chi connectivity index (χ1n) is 11.0. The van der Waals surface area contributed by atoms with Crippen molar-refractivity contribution in [1.82, 2.24) is 19.4 Å². The number of carbonyl (C=O) groups excluding carboxylic acids is 2. The number of rotatable bonds is 4. The van der Waals surface area contributed by atoms with Gasteiger partial charge in [-0.25, -0.2) is 18.1 Å². The van der Waals surface area contributed by atoms with Crippen LogP contribution in [0.3, 0.4) is 0 Å². The lowest BCUT2D eigenvalue weighted by Crippen LogP contribution is -2.53. The molecule has 174 valence electrons. The largest absolute Gasteiger partial charge is 0.326 e. The van der Waals surface area contributed by atoms with Gasteiger partial charge in [-0.1, -0.05) is 35.9 Å². The maximum absolute atomic E-state index is 13.5. The van der Waals surface area contributed by atoms with Gasteiger partial charge in [-0.2, -0.15) is 4.31 Å². The van der Waals surface area contributed by atoms with Crippen LogP contribution in [0.4, 0.5) is 4.79 Å². The highest BCUT2D eigenvalue weighted by atomic mass is 35.5. The molecule has 10 heteroatoms. The topological polar surface area (TPSA) is 90.0 Å². The van der Waals surface area contributed by atoms with E-state index in [0.717, 1.165) is 24.0 Å². The van der Waals surface area contributed by atoms with Crippen molar-refractivity contribution in [3.8, 4) is 0 Å². The van der Waals surface area contributed by atoms with E-state index in [4.69, 9.17) is 11.6 Å². The second kappa shape index (κ2) is 8.39. The van der Waals surface area contributed by atoms with E-state index in [9.17, 15) is 18.0 Å². The zero-order chi connectivity index (χ0) is 23.2. The van der Waals surface area contributed by atoms with Crippen molar-refractivity contribution in [2.45, 2.75) is 29.7 Å². The van der Waals surface area contributed by atoms with E-state index in [0.29, 0.717) is 24.5 Å². The third kappa shape index (κ3) is 3.82. The number of piperazine rings is 1. The third-order valence-electron chi connectivity index (χ3n) is 6.77. The number of hydrogen-bond donors (Lipinski definition) is 1. The summed E-state index contributed by atoms with van der Waals surface area (Å²) in [4.78, 5) is 29.7. The van der Waals surface area contributed by atoms with Gasteiger partial charge in [0.25, 0.3) is 5.91 Å². The summed E-state index contributed by atoms with van der Waals surface area (Å²) >= 11 is 5.87. The van der Waals surface area contributed by atoms with Crippen LogP contribution in [0.15, 0.2) is 53.4 Å². The fourth-order valence-corrected chi connectivity index (χ4v) is 6.55. The summed E-state index contributed by atoms with van der Waals surface area (Å²) in [5.41, 5.74) is 0.988. The average molecular weight is 489 g/mol. The molecule has 5 rings (SSSR count). The van der Waals surface area contributed by atoms with Gasteiger partial charge in [0.15, 0.2) is 0 Å². The number of imide groups is 1. The van der Waals surface area contributed by atoms with Gasteiger partial charge >= 0.3 is 6.03 Å². The number of urea groups is 1. The fourth-order valence-electron chi connectivity index (χ4n) is 5.01. The van der Waals surface area contributed by atoms with Gasteiger partial charge in [0, 0.05) is 31.2 Å². The lowest BCUT2D eigenvalue weighted by Gasteiger charge is -2.36. The highest BCUT2D eigenvalue weighted by Gasteiger charge is 2.54. The Morgan fingerprint density at radius 3 is 2.39 bits per heavy atom. The molecular weight excluding hydrogens is 464 g/mol. The van der Waals surface area contributed by atoms with Crippen LogP contribution < -0.4 is 5.32 Å². The summed E-state index contributed by atoms with van der Waals surface area (Å²) in [6.45, 7) is 1.55. The van der Waals surface area contributed by atoms with Gasteiger partial charge in [0.1, 0.15) is 5.54 Å². The van der Waals surface area contributed by atoms with Crippen molar-refractivity contribution in [3.63, 3.8) is 0 Å². The van der Waals surface area contributed by atoms with E-state index < -0.39 is 21.6 Å².